The number of fused-ring (bicyclic) bond motifs is 1. The van der Waals surface area contributed by atoms with Crippen LogP contribution in [0.25, 0.3) is 11.0 Å². The molecule has 0 bridgehead atoms. The molecule has 1 fully saturated rings. The summed E-state index contributed by atoms with van der Waals surface area (Å²) in [4.78, 5) is 17.5. The maximum atomic E-state index is 12.6. The van der Waals surface area contributed by atoms with Crippen LogP contribution in [0.15, 0.2) is 58.6 Å². The van der Waals surface area contributed by atoms with E-state index in [1.165, 1.54) is 16.1 Å². The lowest BCUT2D eigenvalue weighted by Gasteiger charge is -2.16. The molecule has 0 unspecified atom stereocenters. The first-order chi connectivity index (χ1) is 14.4. The molecule has 2 aromatic carbocycles. The van der Waals surface area contributed by atoms with Crippen molar-refractivity contribution in [2.45, 2.75) is 35.1 Å². The molecule has 3 aromatic rings. The number of carbonyl (C=O) groups is 1. The zero-order valence-electron chi connectivity index (χ0n) is 16.9. The number of amides is 1. The van der Waals surface area contributed by atoms with Gasteiger partial charge in [0, 0.05) is 25.8 Å². The van der Waals surface area contributed by atoms with Crippen molar-refractivity contribution in [3.8, 4) is 0 Å². The van der Waals surface area contributed by atoms with Gasteiger partial charge < -0.3 is 9.88 Å². The summed E-state index contributed by atoms with van der Waals surface area (Å²) in [7, 11) is -1.52. The fourth-order valence-corrected chi connectivity index (χ4v) is 5.88. The monoisotopic (exact) mass is 444 g/mol. The Labute approximate surface area is 180 Å². The first kappa shape index (κ1) is 20.9. The van der Waals surface area contributed by atoms with E-state index in [4.69, 9.17) is 0 Å². The Bertz CT molecular complexity index is 1170. The number of rotatable bonds is 6. The number of aryl methyl sites for hydroxylation is 1. The fourth-order valence-electron chi connectivity index (χ4n) is 3.47. The molecular formula is C21H24N4O3S2. The zero-order valence-corrected chi connectivity index (χ0v) is 18.5. The van der Waals surface area contributed by atoms with Crippen molar-refractivity contribution in [2.24, 2.45) is 7.05 Å². The third-order valence-corrected chi connectivity index (χ3v) is 8.28. The second kappa shape index (κ2) is 8.41. The highest BCUT2D eigenvalue weighted by molar-refractivity contribution is 8.00. The molecule has 9 heteroatoms. The summed E-state index contributed by atoms with van der Waals surface area (Å²) in [5.41, 5.74) is 2.48. The fraction of sp³-hybridized carbons (Fsp3) is 0.333. The summed E-state index contributed by atoms with van der Waals surface area (Å²) in [6, 6.07) is 14.2. The number of hydrogen-bond acceptors (Lipinski definition) is 5. The van der Waals surface area contributed by atoms with E-state index in [1.807, 2.05) is 42.8 Å². The lowest BCUT2D eigenvalue weighted by atomic mass is 10.3. The first-order valence-electron chi connectivity index (χ1n) is 9.85. The summed E-state index contributed by atoms with van der Waals surface area (Å²) < 4.78 is 28.7. The van der Waals surface area contributed by atoms with Gasteiger partial charge in [0.1, 0.15) is 0 Å². The average molecular weight is 445 g/mol. The number of aromatic nitrogens is 2. The van der Waals surface area contributed by atoms with Crippen LogP contribution in [0.4, 0.5) is 5.69 Å². The minimum Gasteiger partial charge on any atom is -0.325 e. The van der Waals surface area contributed by atoms with E-state index in [9.17, 15) is 13.2 Å². The van der Waals surface area contributed by atoms with Crippen LogP contribution in [0.3, 0.4) is 0 Å². The van der Waals surface area contributed by atoms with E-state index in [-0.39, 0.29) is 16.1 Å². The Morgan fingerprint density at radius 3 is 2.43 bits per heavy atom. The van der Waals surface area contributed by atoms with E-state index in [0.29, 0.717) is 18.8 Å². The summed E-state index contributed by atoms with van der Waals surface area (Å²) in [6.07, 6.45) is 1.79. The molecule has 1 amide bonds. The molecule has 4 rings (SSSR count). The molecule has 1 saturated heterocycles. The summed E-state index contributed by atoms with van der Waals surface area (Å²) in [6.45, 7) is 2.96. The van der Waals surface area contributed by atoms with Gasteiger partial charge in [0.15, 0.2) is 5.16 Å². The predicted octanol–water partition coefficient (Wildman–Crippen LogP) is 3.48. The van der Waals surface area contributed by atoms with Gasteiger partial charge in [-0.2, -0.15) is 4.31 Å². The molecular weight excluding hydrogens is 420 g/mol. The minimum absolute atomic E-state index is 0.165. The number of benzene rings is 2. The maximum absolute atomic E-state index is 12.6. The molecule has 1 aromatic heterocycles. The van der Waals surface area contributed by atoms with Gasteiger partial charge in [0.2, 0.25) is 15.9 Å². The van der Waals surface area contributed by atoms with Gasteiger partial charge in [0.25, 0.3) is 0 Å². The number of carbonyl (C=O) groups excluding carboxylic acids is 1. The Morgan fingerprint density at radius 1 is 1.10 bits per heavy atom. The van der Waals surface area contributed by atoms with Crippen LogP contribution >= 0.6 is 11.8 Å². The molecule has 1 aliphatic heterocycles. The van der Waals surface area contributed by atoms with Crippen molar-refractivity contribution >= 4 is 44.4 Å². The number of imidazole rings is 1. The van der Waals surface area contributed by atoms with Gasteiger partial charge in [-0.15, -0.1) is 0 Å². The second-order valence-corrected chi connectivity index (χ2v) is 10.6. The highest BCUT2D eigenvalue weighted by Crippen LogP contribution is 2.27. The Kier molecular flexibility index (Phi) is 5.86. The third-order valence-electron chi connectivity index (χ3n) is 5.22. The molecule has 0 radical (unpaired) electrons. The SMILES string of the molecule is C[C@@H](Sc1nc2ccccc2n1C)C(=O)Nc1ccc(S(=O)(=O)N2CCCC2)cc1. The molecule has 0 spiro atoms. The second-order valence-electron chi connectivity index (χ2n) is 7.33. The Balaban J connectivity index is 1.42. The van der Waals surface area contributed by atoms with Gasteiger partial charge in [0.05, 0.1) is 21.2 Å². The van der Waals surface area contributed by atoms with Gasteiger partial charge in [-0.25, -0.2) is 13.4 Å². The summed E-state index contributed by atoms with van der Waals surface area (Å²) >= 11 is 1.38. The lowest BCUT2D eigenvalue weighted by Crippen LogP contribution is -2.27. The van der Waals surface area contributed by atoms with E-state index < -0.39 is 10.0 Å². The normalized spacial score (nSPS) is 16.1. The molecule has 0 saturated carbocycles. The minimum atomic E-state index is -3.45. The van der Waals surface area contributed by atoms with Gasteiger partial charge in [-0.1, -0.05) is 23.9 Å². The van der Waals surface area contributed by atoms with Crippen molar-refractivity contribution < 1.29 is 13.2 Å². The van der Waals surface area contributed by atoms with Crippen LogP contribution in [-0.4, -0.2) is 46.5 Å². The van der Waals surface area contributed by atoms with Crippen LogP contribution in [0.2, 0.25) is 0 Å². The number of para-hydroxylation sites is 2. The van der Waals surface area contributed by atoms with Crippen LogP contribution in [0.5, 0.6) is 0 Å². The highest BCUT2D eigenvalue weighted by Gasteiger charge is 2.27. The van der Waals surface area contributed by atoms with Crippen LogP contribution in [0.1, 0.15) is 19.8 Å². The molecule has 30 heavy (non-hydrogen) atoms. The Morgan fingerprint density at radius 2 is 1.77 bits per heavy atom. The predicted molar refractivity (Wildman–Crippen MR) is 119 cm³/mol. The van der Waals surface area contributed by atoms with Gasteiger partial charge in [-0.05, 0) is 56.2 Å². The number of thioether (sulfide) groups is 1. The van der Waals surface area contributed by atoms with E-state index in [2.05, 4.69) is 10.3 Å². The van der Waals surface area contributed by atoms with Crippen molar-refractivity contribution in [3.05, 3.63) is 48.5 Å². The number of nitrogens with zero attached hydrogens (tertiary/aromatic N) is 3. The Hall–Kier alpha value is -2.36. The molecule has 1 N–H and O–H groups in total. The van der Waals surface area contributed by atoms with E-state index >= 15 is 0 Å². The molecule has 158 valence electrons. The number of sulfonamides is 1. The topological polar surface area (TPSA) is 84.3 Å². The van der Waals surface area contributed by atoms with Crippen molar-refractivity contribution in [1.82, 2.24) is 13.9 Å². The van der Waals surface area contributed by atoms with E-state index in [0.717, 1.165) is 29.0 Å². The average Bonchev–Trinajstić information content (AvgIpc) is 3.38. The summed E-state index contributed by atoms with van der Waals surface area (Å²) in [5, 5.41) is 3.26. The van der Waals surface area contributed by atoms with Crippen LogP contribution in [0, 0.1) is 0 Å². The number of hydrogen-bond donors (Lipinski definition) is 1. The van der Waals surface area contributed by atoms with Crippen LogP contribution < -0.4 is 5.32 Å². The van der Waals surface area contributed by atoms with Crippen molar-refractivity contribution in [3.63, 3.8) is 0 Å². The standard InChI is InChI=1S/C21H24N4O3S2/c1-15(29-21-23-18-7-3-4-8-19(18)24(21)2)20(26)22-16-9-11-17(12-10-16)30(27,28)25-13-5-6-14-25/h3-4,7-12,15H,5-6,13-14H2,1-2H3,(H,22,26)/t15-/m1/s1. The van der Waals surface area contributed by atoms with Gasteiger partial charge in [-0.3, -0.25) is 4.79 Å². The highest BCUT2D eigenvalue weighted by atomic mass is 32.2. The lowest BCUT2D eigenvalue weighted by molar-refractivity contribution is -0.115. The molecule has 1 aliphatic rings. The van der Waals surface area contributed by atoms with Crippen molar-refractivity contribution in [2.75, 3.05) is 18.4 Å². The first-order valence-corrected chi connectivity index (χ1v) is 12.2. The zero-order chi connectivity index (χ0) is 21.3. The molecule has 1 atom stereocenters. The quantitative estimate of drug-likeness (QED) is 0.589. The molecule has 7 nitrogen and oxygen atoms in total. The van der Waals surface area contributed by atoms with Gasteiger partial charge >= 0.3 is 0 Å². The number of anilines is 1. The van der Waals surface area contributed by atoms with E-state index in [1.54, 1.807) is 24.3 Å². The smallest absolute Gasteiger partial charge is 0.243 e. The number of nitrogens with one attached hydrogen (secondary N) is 1. The maximum Gasteiger partial charge on any atom is 0.243 e. The molecule has 0 aliphatic carbocycles. The third kappa shape index (κ3) is 4.10. The largest absolute Gasteiger partial charge is 0.325 e. The summed E-state index contributed by atoms with van der Waals surface area (Å²) in [5.74, 6) is -0.165. The molecule has 2 heterocycles. The van der Waals surface area contributed by atoms with Crippen LogP contribution in [-0.2, 0) is 21.9 Å². The van der Waals surface area contributed by atoms with Crippen molar-refractivity contribution in [1.29, 1.82) is 0 Å².